The van der Waals surface area contributed by atoms with E-state index in [0.29, 0.717) is 35.8 Å². The van der Waals surface area contributed by atoms with Crippen molar-refractivity contribution in [3.63, 3.8) is 0 Å². The summed E-state index contributed by atoms with van der Waals surface area (Å²) in [5.41, 5.74) is 6.54. The smallest absolute Gasteiger partial charge is 0.262 e. The van der Waals surface area contributed by atoms with Gasteiger partial charge in [0.1, 0.15) is 11.5 Å². The van der Waals surface area contributed by atoms with Crippen LogP contribution in [0.4, 0.5) is 5.69 Å². The molecule has 0 heterocycles. The molecule has 146 valence electrons. The molecule has 0 spiro atoms. The highest BCUT2D eigenvalue weighted by molar-refractivity contribution is 5.94. The molecule has 0 bridgehead atoms. The van der Waals surface area contributed by atoms with Crippen LogP contribution in [0.3, 0.4) is 0 Å². The molecule has 2 amide bonds. The minimum atomic E-state index is -0.290. The SMILES string of the molecule is COc1cccc(NC(=O)COc2ccc(C(=O)NCCCN)cc2)c1.Cl. The fourth-order valence-electron chi connectivity index (χ4n) is 2.16. The minimum absolute atomic E-state index is 0. The van der Waals surface area contributed by atoms with Crippen LogP contribution < -0.4 is 25.8 Å². The van der Waals surface area contributed by atoms with E-state index in [4.69, 9.17) is 15.2 Å². The van der Waals surface area contributed by atoms with E-state index in [1.54, 1.807) is 55.6 Å². The third kappa shape index (κ3) is 7.55. The summed E-state index contributed by atoms with van der Waals surface area (Å²) in [6, 6.07) is 13.6. The van der Waals surface area contributed by atoms with Crippen molar-refractivity contribution < 1.29 is 19.1 Å². The lowest BCUT2D eigenvalue weighted by molar-refractivity contribution is -0.118. The number of hydrogen-bond donors (Lipinski definition) is 3. The number of carbonyl (C=O) groups excluding carboxylic acids is 2. The Labute approximate surface area is 164 Å². The van der Waals surface area contributed by atoms with Crippen molar-refractivity contribution in [3.05, 3.63) is 54.1 Å². The third-order valence-corrected chi connectivity index (χ3v) is 3.51. The average molecular weight is 394 g/mol. The van der Waals surface area contributed by atoms with Crippen molar-refractivity contribution in [1.82, 2.24) is 5.32 Å². The van der Waals surface area contributed by atoms with Crippen LogP contribution in [0.25, 0.3) is 0 Å². The van der Waals surface area contributed by atoms with Crippen LogP contribution in [0.2, 0.25) is 0 Å². The maximum absolute atomic E-state index is 12.0. The van der Waals surface area contributed by atoms with Gasteiger partial charge in [0, 0.05) is 23.9 Å². The van der Waals surface area contributed by atoms with Crippen LogP contribution in [-0.2, 0) is 4.79 Å². The molecular weight excluding hydrogens is 370 g/mol. The highest BCUT2D eigenvalue weighted by Gasteiger charge is 2.07. The van der Waals surface area contributed by atoms with E-state index in [1.165, 1.54) is 0 Å². The molecule has 0 atom stereocenters. The summed E-state index contributed by atoms with van der Waals surface area (Å²) in [6.07, 6.45) is 0.731. The van der Waals surface area contributed by atoms with Gasteiger partial charge in [0.05, 0.1) is 7.11 Å². The van der Waals surface area contributed by atoms with Crippen molar-refractivity contribution in [2.75, 3.05) is 32.1 Å². The maximum Gasteiger partial charge on any atom is 0.262 e. The number of hydrogen-bond acceptors (Lipinski definition) is 5. The molecule has 7 nitrogen and oxygen atoms in total. The number of halogens is 1. The summed E-state index contributed by atoms with van der Waals surface area (Å²) in [4.78, 5) is 23.8. The van der Waals surface area contributed by atoms with Crippen molar-refractivity contribution in [2.24, 2.45) is 5.73 Å². The van der Waals surface area contributed by atoms with E-state index in [2.05, 4.69) is 10.6 Å². The van der Waals surface area contributed by atoms with Crippen LogP contribution in [0, 0.1) is 0 Å². The van der Waals surface area contributed by atoms with Gasteiger partial charge >= 0.3 is 0 Å². The summed E-state index contributed by atoms with van der Waals surface area (Å²) in [6.45, 7) is 0.933. The molecule has 0 radical (unpaired) electrons. The first-order chi connectivity index (χ1) is 12.6. The molecule has 0 aliphatic carbocycles. The molecule has 0 fully saturated rings. The molecule has 0 aliphatic heterocycles. The van der Waals surface area contributed by atoms with Gasteiger partial charge in [-0.2, -0.15) is 0 Å². The molecule has 0 saturated heterocycles. The number of nitrogens with one attached hydrogen (secondary N) is 2. The zero-order chi connectivity index (χ0) is 18.8. The van der Waals surface area contributed by atoms with Crippen molar-refractivity contribution in [3.8, 4) is 11.5 Å². The molecule has 0 aliphatic rings. The third-order valence-electron chi connectivity index (χ3n) is 3.51. The Morgan fingerprint density at radius 1 is 1.07 bits per heavy atom. The zero-order valence-electron chi connectivity index (χ0n) is 15.1. The molecule has 2 rings (SSSR count). The summed E-state index contributed by atoms with van der Waals surface area (Å²) < 4.78 is 10.5. The first-order valence-electron chi connectivity index (χ1n) is 8.27. The molecule has 2 aromatic rings. The molecule has 8 heteroatoms. The highest BCUT2D eigenvalue weighted by atomic mass is 35.5. The first-order valence-corrected chi connectivity index (χ1v) is 8.27. The molecule has 4 N–H and O–H groups in total. The number of rotatable bonds is 9. The number of carbonyl (C=O) groups is 2. The van der Waals surface area contributed by atoms with Crippen LogP contribution in [0.15, 0.2) is 48.5 Å². The van der Waals surface area contributed by atoms with E-state index in [-0.39, 0.29) is 30.8 Å². The average Bonchev–Trinajstić information content (AvgIpc) is 2.67. The minimum Gasteiger partial charge on any atom is -0.497 e. The predicted octanol–water partition coefficient (Wildman–Crippen LogP) is 2.21. The lowest BCUT2D eigenvalue weighted by atomic mass is 10.2. The lowest BCUT2D eigenvalue weighted by Crippen LogP contribution is -2.25. The van der Waals surface area contributed by atoms with Gasteiger partial charge in [-0.25, -0.2) is 0 Å². The topological polar surface area (TPSA) is 103 Å². The van der Waals surface area contributed by atoms with Crippen LogP contribution >= 0.6 is 12.4 Å². The number of benzene rings is 2. The number of anilines is 1. The Kier molecular flexibility index (Phi) is 9.71. The van der Waals surface area contributed by atoms with Gasteiger partial charge in [-0.15, -0.1) is 12.4 Å². The van der Waals surface area contributed by atoms with Gasteiger partial charge in [-0.3, -0.25) is 9.59 Å². The van der Waals surface area contributed by atoms with Gasteiger partial charge in [0.2, 0.25) is 0 Å². The Morgan fingerprint density at radius 2 is 1.81 bits per heavy atom. The number of nitrogens with two attached hydrogens (primary N) is 1. The Morgan fingerprint density at radius 3 is 2.48 bits per heavy atom. The Bertz CT molecular complexity index is 738. The second-order valence-electron chi connectivity index (χ2n) is 5.49. The van der Waals surface area contributed by atoms with E-state index in [0.717, 1.165) is 6.42 Å². The number of methoxy groups -OCH3 is 1. The molecule has 0 saturated carbocycles. The molecule has 2 aromatic carbocycles. The van der Waals surface area contributed by atoms with Gasteiger partial charge in [-0.05, 0) is 49.4 Å². The first kappa shape index (κ1) is 22.3. The second-order valence-corrected chi connectivity index (χ2v) is 5.49. The second kappa shape index (κ2) is 11.8. The quantitative estimate of drug-likeness (QED) is 0.567. The molecule has 27 heavy (non-hydrogen) atoms. The molecule has 0 unspecified atom stereocenters. The number of amides is 2. The standard InChI is InChI=1S/C19H23N3O4.ClH/c1-25-17-5-2-4-15(12-17)22-18(23)13-26-16-8-6-14(7-9-16)19(24)21-11-3-10-20;/h2,4-9,12H,3,10-11,13,20H2,1H3,(H,21,24)(H,22,23);1H. The van der Waals surface area contributed by atoms with Crippen LogP contribution in [-0.4, -0.2) is 38.6 Å². The fraction of sp³-hybridized carbons (Fsp3) is 0.263. The number of ether oxygens (including phenoxy) is 2. The highest BCUT2D eigenvalue weighted by Crippen LogP contribution is 2.17. The van der Waals surface area contributed by atoms with Crippen LogP contribution in [0.5, 0.6) is 11.5 Å². The normalized spacial score (nSPS) is 9.70. The molecular formula is C19H24ClN3O4. The van der Waals surface area contributed by atoms with E-state index >= 15 is 0 Å². The van der Waals surface area contributed by atoms with Gasteiger partial charge in [0.15, 0.2) is 6.61 Å². The fourth-order valence-corrected chi connectivity index (χ4v) is 2.16. The van der Waals surface area contributed by atoms with Crippen molar-refractivity contribution >= 4 is 29.9 Å². The van der Waals surface area contributed by atoms with Gasteiger partial charge in [-0.1, -0.05) is 6.07 Å². The van der Waals surface area contributed by atoms with E-state index in [1.807, 2.05) is 0 Å². The summed E-state index contributed by atoms with van der Waals surface area (Å²) in [5.74, 6) is 0.705. The predicted molar refractivity (Wildman–Crippen MR) is 107 cm³/mol. The lowest BCUT2D eigenvalue weighted by Gasteiger charge is -2.09. The Hall–Kier alpha value is -2.77. The molecule has 0 aromatic heterocycles. The monoisotopic (exact) mass is 393 g/mol. The van der Waals surface area contributed by atoms with E-state index in [9.17, 15) is 9.59 Å². The summed E-state index contributed by atoms with van der Waals surface area (Å²) in [7, 11) is 1.56. The summed E-state index contributed by atoms with van der Waals surface area (Å²) in [5, 5.41) is 5.50. The summed E-state index contributed by atoms with van der Waals surface area (Å²) >= 11 is 0. The Balaban J connectivity index is 0.00000364. The van der Waals surface area contributed by atoms with Gasteiger partial charge < -0.3 is 25.8 Å². The largest absolute Gasteiger partial charge is 0.497 e. The van der Waals surface area contributed by atoms with Crippen molar-refractivity contribution in [1.29, 1.82) is 0 Å². The van der Waals surface area contributed by atoms with Crippen molar-refractivity contribution in [2.45, 2.75) is 6.42 Å². The maximum atomic E-state index is 12.0. The van der Waals surface area contributed by atoms with Gasteiger partial charge in [0.25, 0.3) is 11.8 Å². The van der Waals surface area contributed by atoms with E-state index < -0.39 is 0 Å². The van der Waals surface area contributed by atoms with Crippen LogP contribution in [0.1, 0.15) is 16.8 Å². The zero-order valence-corrected chi connectivity index (χ0v) is 15.9.